The molecular weight excluding hydrogens is 134 g/mol. The summed E-state index contributed by atoms with van der Waals surface area (Å²) in [5.74, 6) is 1.73. The van der Waals surface area contributed by atoms with Crippen LogP contribution in [0.1, 0.15) is 5.82 Å². The van der Waals surface area contributed by atoms with Crippen LogP contribution in [-0.4, -0.2) is 21.0 Å². The van der Waals surface area contributed by atoms with Crippen LogP contribution >= 0.6 is 11.8 Å². The van der Waals surface area contributed by atoms with Crippen LogP contribution in [0.4, 0.5) is 0 Å². The maximum Gasteiger partial charge on any atom is 0.147 e. The topological polar surface area (TPSA) is 30.7 Å². The van der Waals surface area contributed by atoms with Crippen LogP contribution in [0.5, 0.6) is 0 Å². The molecule has 1 heterocycles. The molecule has 0 bridgehead atoms. The lowest BCUT2D eigenvalue weighted by Crippen LogP contribution is -1.93. The van der Waals surface area contributed by atoms with Gasteiger partial charge in [-0.05, 0) is 13.2 Å². The summed E-state index contributed by atoms with van der Waals surface area (Å²) in [4.78, 5) is 3.97. The number of thioether (sulfide) groups is 1. The molecule has 0 fully saturated rings. The Morgan fingerprint density at radius 1 is 1.78 bits per heavy atom. The van der Waals surface area contributed by atoms with E-state index < -0.39 is 0 Å². The van der Waals surface area contributed by atoms with E-state index in [4.69, 9.17) is 0 Å². The maximum absolute atomic E-state index is 4.09. The van der Waals surface area contributed by atoms with Gasteiger partial charge in [0.2, 0.25) is 0 Å². The van der Waals surface area contributed by atoms with Gasteiger partial charge in [-0.3, -0.25) is 0 Å². The number of aromatic nitrogens is 3. The third kappa shape index (κ3) is 1.71. The molecule has 9 heavy (non-hydrogen) atoms. The van der Waals surface area contributed by atoms with Crippen molar-refractivity contribution in [2.24, 2.45) is 0 Å². The summed E-state index contributed by atoms with van der Waals surface area (Å²) in [6.45, 7) is 1.89. The van der Waals surface area contributed by atoms with E-state index >= 15 is 0 Å². The predicted octanol–water partition coefficient (Wildman–Crippen LogP) is 0.907. The van der Waals surface area contributed by atoms with Crippen molar-refractivity contribution in [2.75, 3.05) is 6.26 Å². The molecule has 0 atom stereocenters. The number of rotatable bonds is 2. The van der Waals surface area contributed by atoms with Crippen LogP contribution in [-0.2, 0) is 5.88 Å². The minimum Gasteiger partial charge on any atom is -0.243 e. The van der Waals surface area contributed by atoms with Gasteiger partial charge in [0, 0.05) is 0 Å². The van der Waals surface area contributed by atoms with E-state index in [9.17, 15) is 0 Å². The van der Waals surface area contributed by atoms with Gasteiger partial charge in [0.1, 0.15) is 12.2 Å². The molecule has 1 aromatic rings. The fraction of sp³-hybridized carbons (Fsp3) is 0.600. The third-order valence-electron chi connectivity index (χ3n) is 0.912. The Labute approximate surface area is 58.5 Å². The summed E-state index contributed by atoms with van der Waals surface area (Å²) in [6, 6.07) is 0. The molecule has 1 rings (SSSR count). The molecule has 0 unspecified atom stereocenters. The molecular formula is C5H9N3S. The van der Waals surface area contributed by atoms with Crippen LogP contribution < -0.4 is 0 Å². The van der Waals surface area contributed by atoms with Gasteiger partial charge in [0.15, 0.2) is 0 Å². The van der Waals surface area contributed by atoms with E-state index in [2.05, 4.69) is 10.1 Å². The van der Waals surface area contributed by atoms with E-state index in [1.54, 1.807) is 18.1 Å². The monoisotopic (exact) mass is 143 g/mol. The van der Waals surface area contributed by atoms with Gasteiger partial charge in [-0.1, -0.05) is 0 Å². The summed E-state index contributed by atoms with van der Waals surface area (Å²) in [6.07, 6.45) is 3.78. The van der Waals surface area contributed by atoms with Crippen LogP contribution in [0.2, 0.25) is 0 Å². The molecule has 0 saturated heterocycles. The first-order chi connectivity index (χ1) is 4.33. The van der Waals surface area contributed by atoms with E-state index in [0.29, 0.717) is 0 Å². The molecule has 0 spiro atoms. The van der Waals surface area contributed by atoms with E-state index in [1.807, 2.05) is 17.9 Å². The van der Waals surface area contributed by atoms with Gasteiger partial charge >= 0.3 is 0 Å². The summed E-state index contributed by atoms with van der Waals surface area (Å²) in [7, 11) is 0. The fourth-order valence-corrected chi connectivity index (χ4v) is 0.971. The highest BCUT2D eigenvalue weighted by Crippen LogP contribution is 1.96. The third-order valence-corrected chi connectivity index (χ3v) is 1.44. The zero-order valence-electron chi connectivity index (χ0n) is 5.53. The van der Waals surface area contributed by atoms with Crippen molar-refractivity contribution in [3.05, 3.63) is 12.2 Å². The second kappa shape index (κ2) is 2.87. The van der Waals surface area contributed by atoms with Crippen molar-refractivity contribution >= 4 is 11.8 Å². The van der Waals surface area contributed by atoms with Crippen LogP contribution in [0.25, 0.3) is 0 Å². The molecule has 0 aliphatic heterocycles. The average molecular weight is 143 g/mol. The first-order valence-electron chi connectivity index (χ1n) is 2.68. The van der Waals surface area contributed by atoms with E-state index in [0.717, 1.165) is 11.7 Å². The van der Waals surface area contributed by atoms with Crippen LogP contribution in [0.15, 0.2) is 6.33 Å². The van der Waals surface area contributed by atoms with Crippen molar-refractivity contribution in [2.45, 2.75) is 12.8 Å². The molecule has 0 aliphatic carbocycles. The molecule has 0 aliphatic rings. The van der Waals surface area contributed by atoms with Gasteiger partial charge in [-0.15, -0.1) is 11.8 Å². The van der Waals surface area contributed by atoms with Crippen molar-refractivity contribution in [3.8, 4) is 0 Å². The van der Waals surface area contributed by atoms with Crippen LogP contribution in [0.3, 0.4) is 0 Å². The van der Waals surface area contributed by atoms with Gasteiger partial charge in [0.05, 0.1) is 5.88 Å². The smallest absolute Gasteiger partial charge is 0.147 e. The second-order valence-electron chi connectivity index (χ2n) is 1.75. The first-order valence-corrected chi connectivity index (χ1v) is 4.07. The number of hydrogen-bond acceptors (Lipinski definition) is 3. The molecule has 3 nitrogen and oxygen atoms in total. The van der Waals surface area contributed by atoms with E-state index in [-0.39, 0.29) is 0 Å². The van der Waals surface area contributed by atoms with Crippen molar-refractivity contribution in [1.29, 1.82) is 0 Å². The fourth-order valence-electron chi connectivity index (χ4n) is 0.582. The summed E-state index contributed by atoms with van der Waals surface area (Å²) in [5, 5.41) is 4.09. The Morgan fingerprint density at radius 2 is 2.56 bits per heavy atom. The van der Waals surface area contributed by atoms with Gasteiger partial charge in [0.25, 0.3) is 0 Å². The lowest BCUT2D eigenvalue weighted by molar-refractivity contribution is 0.741. The van der Waals surface area contributed by atoms with Gasteiger partial charge in [-0.2, -0.15) is 5.10 Å². The molecule has 50 valence electrons. The van der Waals surface area contributed by atoms with Crippen molar-refractivity contribution in [3.63, 3.8) is 0 Å². The molecule has 0 radical (unpaired) electrons. The molecule has 0 saturated carbocycles. The average Bonchev–Trinajstić information content (AvgIpc) is 2.17. The highest BCUT2D eigenvalue weighted by Gasteiger charge is 1.90. The first kappa shape index (κ1) is 6.61. The molecule has 0 aromatic carbocycles. The quantitative estimate of drug-likeness (QED) is 0.616. The molecule has 1 aromatic heterocycles. The lowest BCUT2D eigenvalue weighted by Gasteiger charge is -1.91. The number of aryl methyl sites for hydroxylation is 1. The molecule has 0 amide bonds. The largest absolute Gasteiger partial charge is 0.243 e. The summed E-state index contributed by atoms with van der Waals surface area (Å²) in [5.41, 5.74) is 0. The minimum atomic E-state index is 0.837. The highest BCUT2D eigenvalue weighted by molar-refractivity contribution is 7.97. The maximum atomic E-state index is 4.09. The Bertz CT molecular complexity index is 184. The molecule has 4 heteroatoms. The standard InChI is InChI=1S/C5H9N3S/c1-5-6-3-8(7-5)4-9-2/h3H,4H2,1-2H3. The Hall–Kier alpha value is -0.510. The van der Waals surface area contributed by atoms with Crippen LogP contribution in [0, 0.1) is 6.92 Å². The van der Waals surface area contributed by atoms with Crippen molar-refractivity contribution in [1.82, 2.24) is 14.8 Å². The van der Waals surface area contributed by atoms with Gasteiger partial charge < -0.3 is 0 Å². The predicted molar refractivity (Wildman–Crippen MR) is 38.3 cm³/mol. The lowest BCUT2D eigenvalue weighted by atomic mass is 10.8. The van der Waals surface area contributed by atoms with E-state index in [1.165, 1.54) is 0 Å². The SMILES string of the molecule is CSCn1cnc(C)n1. The minimum absolute atomic E-state index is 0.837. The highest BCUT2D eigenvalue weighted by atomic mass is 32.2. The number of nitrogens with zero attached hydrogens (tertiary/aromatic N) is 3. The molecule has 0 N–H and O–H groups in total. The second-order valence-corrected chi connectivity index (χ2v) is 2.58. The zero-order chi connectivity index (χ0) is 6.69. The zero-order valence-corrected chi connectivity index (χ0v) is 6.35. The van der Waals surface area contributed by atoms with Crippen molar-refractivity contribution < 1.29 is 0 Å². The number of hydrogen-bond donors (Lipinski definition) is 0. The summed E-state index contributed by atoms with van der Waals surface area (Å²) >= 11 is 1.73. The van der Waals surface area contributed by atoms with Gasteiger partial charge in [-0.25, -0.2) is 9.67 Å². The summed E-state index contributed by atoms with van der Waals surface area (Å²) < 4.78 is 1.82. The Kier molecular flexibility index (Phi) is 2.10. The Balaban J connectivity index is 2.61. The normalized spacial score (nSPS) is 10.0. The Morgan fingerprint density at radius 3 is 3.00 bits per heavy atom.